The molecule has 0 atom stereocenters. The zero-order valence-corrected chi connectivity index (χ0v) is 12.7. The Morgan fingerprint density at radius 3 is 2.90 bits per heavy atom. The number of nitrogens with one attached hydrogen (secondary N) is 1. The normalized spacial score (nSPS) is 11.4. The fourth-order valence-electron chi connectivity index (χ4n) is 2.61. The molecule has 0 unspecified atom stereocenters. The summed E-state index contributed by atoms with van der Waals surface area (Å²) in [6.45, 7) is 8.59. The van der Waals surface area contributed by atoms with Gasteiger partial charge in [-0.1, -0.05) is 12.1 Å². The van der Waals surface area contributed by atoms with Crippen molar-refractivity contribution in [1.29, 1.82) is 0 Å². The Bertz CT molecular complexity index is 737. The van der Waals surface area contributed by atoms with Crippen LogP contribution in [0.25, 0.3) is 11.0 Å². The van der Waals surface area contributed by atoms with Gasteiger partial charge in [0.05, 0.1) is 12.2 Å². The molecule has 0 amide bonds. The summed E-state index contributed by atoms with van der Waals surface area (Å²) in [7, 11) is 0. The largest absolute Gasteiger partial charge is 0.361 e. The average molecular weight is 284 g/mol. The molecule has 0 fully saturated rings. The lowest BCUT2D eigenvalue weighted by Crippen LogP contribution is -2.11. The van der Waals surface area contributed by atoms with Crippen molar-refractivity contribution in [3.63, 3.8) is 0 Å². The smallest absolute Gasteiger partial charge is 0.140 e. The van der Waals surface area contributed by atoms with Crippen LogP contribution in [0.5, 0.6) is 0 Å². The fraction of sp³-hybridized carbons (Fsp3) is 0.375. The van der Waals surface area contributed by atoms with Crippen LogP contribution in [0.4, 0.5) is 0 Å². The zero-order chi connectivity index (χ0) is 14.8. The van der Waals surface area contributed by atoms with Crippen molar-refractivity contribution < 1.29 is 4.52 Å². The molecule has 3 aromatic rings. The SMILES string of the molecule is CCNCc1cn(Cc2c(C)noc2C)c2ncccc12. The molecule has 0 aliphatic heterocycles. The second-order valence-corrected chi connectivity index (χ2v) is 5.24. The van der Waals surface area contributed by atoms with Crippen molar-refractivity contribution in [3.8, 4) is 0 Å². The first kappa shape index (κ1) is 13.8. The Kier molecular flexibility index (Phi) is 3.75. The van der Waals surface area contributed by atoms with E-state index in [-0.39, 0.29) is 0 Å². The molecule has 0 spiro atoms. The van der Waals surface area contributed by atoms with E-state index in [1.807, 2.05) is 26.1 Å². The molecule has 0 aliphatic rings. The summed E-state index contributed by atoms with van der Waals surface area (Å²) in [4.78, 5) is 4.53. The van der Waals surface area contributed by atoms with E-state index >= 15 is 0 Å². The van der Waals surface area contributed by atoms with Gasteiger partial charge in [0.2, 0.25) is 0 Å². The maximum absolute atomic E-state index is 5.26. The van der Waals surface area contributed by atoms with Gasteiger partial charge in [0, 0.05) is 29.9 Å². The lowest BCUT2D eigenvalue weighted by atomic mass is 10.2. The van der Waals surface area contributed by atoms with Crippen LogP contribution in [0.2, 0.25) is 0 Å². The van der Waals surface area contributed by atoms with E-state index in [1.54, 1.807) is 0 Å². The summed E-state index contributed by atoms with van der Waals surface area (Å²) in [6.07, 6.45) is 4.01. The van der Waals surface area contributed by atoms with E-state index in [4.69, 9.17) is 4.52 Å². The van der Waals surface area contributed by atoms with E-state index in [2.05, 4.69) is 39.2 Å². The van der Waals surface area contributed by atoms with Crippen molar-refractivity contribution in [1.82, 2.24) is 20.0 Å². The molecular weight excluding hydrogens is 264 g/mol. The summed E-state index contributed by atoms with van der Waals surface area (Å²) in [5.41, 5.74) is 4.35. The first-order chi connectivity index (χ1) is 10.2. The highest BCUT2D eigenvalue weighted by molar-refractivity contribution is 5.80. The summed E-state index contributed by atoms with van der Waals surface area (Å²) in [6, 6.07) is 4.11. The van der Waals surface area contributed by atoms with Gasteiger partial charge < -0.3 is 14.4 Å². The molecule has 5 nitrogen and oxygen atoms in total. The molecule has 1 N–H and O–H groups in total. The standard InChI is InChI=1S/C16H20N4O/c1-4-17-8-13-9-20(16-14(13)6-5-7-18-16)10-15-11(2)19-21-12(15)3/h5-7,9,17H,4,8,10H2,1-3H3. The van der Waals surface area contributed by atoms with Crippen LogP contribution in [0.3, 0.4) is 0 Å². The van der Waals surface area contributed by atoms with E-state index < -0.39 is 0 Å². The number of aromatic nitrogens is 3. The van der Waals surface area contributed by atoms with Crippen LogP contribution in [-0.4, -0.2) is 21.3 Å². The molecule has 0 saturated carbocycles. The van der Waals surface area contributed by atoms with Crippen molar-refractivity contribution in [2.75, 3.05) is 6.54 Å². The summed E-state index contributed by atoms with van der Waals surface area (Å²) in [5.74, 6) is 0.874. The number of nitrogens with zero attached hydrogens (tertiary/aromatic N) is 3. The third-order valence-corrected chi connectivity index (χ3v) is 3.79. The predicted molar refractivity (Wildman–Crippen MR) is 82.2 cm³/mol. The highest BCUT2D eigenvalue weighted by Crippen LogP contribution is 2.22. The molecule has 21 heavy (non-hydrogen) atoms. The van der Waals surface area contributed by atoms with Gasteiger partial charge in [0.1, 0.15) is 11.4 Å². The van der Waals surface area contributed by atoms with Crippen molar-refractivity contribution in [3.05, 3.63) is 47.1 Å². The minimum Gasteiger partial charge on any atom is -0.361 e. The zero-order valence-electron chi connectivity index (χ0n) is 12.7. The van der Waals surface area contributed by atoms with Gasteiger partial charge in [-0.2, -0.15) is 0 Å². The lowest BCUT2D eigenvalue weighted by molar-refractivity contribution is 0.392. The summed E-state index contributed by atoms with van der Waals surface area (Å²) < 4.78 is 7.43. The van der Waals surface area contributed by atoms with Gasteiger partial charge >= 0.3 is 0 Å². The van der Waals surface area contributed by atoms with Gasteiger partial charge in [0.25, 0.3) is 0 Å². The molecule has 0 saturated heterocycles. The fourth-order valence-corrected chi connectivity index (χ4v) is 2.61. The van der Waals surface area contributed by atoms with E-state index in [0.29, 0.717) is 0 Å². The Morgan fingerprint density at radius 1 is 1.33 bits per heavy atom. The number of pyridine rings is 1. The van der Waals surface area contributed by atoms with Gasteiger partial charge in [-0.3, -0.25) is 0 Å². The number of fused-ring (bicyclic) bond motifs is 1. The topological polar surface area (TPSA) is 55.9 Å². The number of hydrogen-bond acceptors (Lipinski definition) is 4. The molecule has 3 aromatic heterocycles. The van der Waals surface area contributed by atoms with Crippen LogP contribution < -0.4 is 5.32 Å². The van der Waals surface area contributed by atoms with Crippen molar-refractivity contribution >= 4 is 11.0 Å². The minimum absolute atomic E-state index is 0.737. The minimum atomic E-state index is 0.737. The second kappa shape index (κ2) is 5.69. The third kappa shape index (κ3) is 2.56. The van der Waals surface area contributed by atoms with Crippen LogP contribution in [-0.2, 0) is 13.1 Å². The lowest BCUT2D eigenvalue weighted by Gasteiger charge is -2.03. The molecule has 0 aliphatic carbocycles. The Hall–Kier alpha value is -2.14. The highest BCUT2D eigenvalue weighted by Gasteiger charge is 2.14. The first-order valence-electron chi connectivity index (χ1n) is 7.26. The monoisotopic (exact) mass is 284 g/mol. The maximum atomic E-state index is 5.26. The van der Waals surface area contributed by atoms with Gasteiger partial charge in [-0.15, -0.1) is 0 Å². The van der Waals surface area contributed by atoms with Crippen LogP contribution in [0, 0.1) is 13.8 Å². The van der Waals surface area contributed by atoms with Gasteiger partial charge in [-0.25, -0.2) is 4.98 Å². The van der Waals surface area contributed by atoms with Crippen LogP contribution in [0.15, 0.2) is 29.0 Å². The number of rotatable bonds is 5. The molecule has 0 radical (unpaired) electrons. The van der Waals surface area contributed by atoms with Crippen LogP contribution >= 0.6 is 0 Å². The molecule has 110 valence electrons. The highest BCUT2D eigenvalue weighted by atomic mass is 16.5. The van der Waals surface area contributed by atoms with Gasteiger partial charge in [0.15, 0.2) is 0 Å². The summed E-state index contributed by atoms with van der Waals surface area (Å²) in [5, 5.41) is 8.61. The van der Waals surface area contributed by atoms with Gasteiger partial charge in [-0.05, 0) is 38.1 Å². The van der Waals surface area contributed by atoms with E-state index in [1.165, 1.54) is 10.9 Å². The quantitative estimate of drug-likeness (QED) is 0.782. The van der Waals surface area contributed by atoms with Crippen molar-refractivity contribution in [2.24, 2.45) is 0 Å². The van der Waals surface area contributed by atoms with Crippen LogP contribution in [0.1, 0.15) is 29.5 Å². The van der Waals surface area contributed by atoms with E-state index in [9.17, 15) is 0 Å². The first-order valence-corrected chi connectivity index (χ1v) is 7.26. The molecule has 0 aromatic carbocycles. The molecule has 3 heterocycles. The predicted octanol–water partition coefficient (Wildman–Crippen LogP) is 2.80. The Morgan fingerprint density at radius 2 is 2.19 bits per heavy atom. The molecular formula is C16H20N4O. The maximum Gasteiger partial charge on any atom is 0.140 e. The Labute approximate surface area is 124 Å². The Balaban J connectivity index is 2.02. The van der Waals surface area contributed by atoms with Crippen molar-refractivity contribution in [2.45, 2.75) is 33.9 Å². The molecule has 3 rings (SSSR count). The molecule has 0 bridgehead atoms. The molecule has 5 heteroatoms. The third-order valence-electron chi connectivity index (χ3n) is 3.79. The number of aryl methyl sites for hydroxylation is 2. The average Bonchev–Trinajstić information content (AvgIpc) is 3.01. The summed E-state index contributed by atoms with van der Waals surface area (Å²) >= 11 is 0. The number of hydrogen-bond donors (Lipinski definition) is 1. The van der Waals surface area contributed by atoms with E-state index in [0.717, 1.165) is 42.3 Å². The second-order valence-electron chi connectivity index (χ2n) is 5.24.